The molecular weight excluding hydrogens is 348 g/mol. The Hall–Kier alpha value is -2.14. The number of ketones is 1. The second-order valence-corrected chi connectivity index (χ2v) is 6.20. The topological polar surface area (TPSA) is 63.6 Å². The first-order valence-corrected chi connectivity index (χ1v) is 7.41. The van der Waals surface area contributed by atoms with Gasteiger partial charge in [-0.05, 0) is 50.2 Å². The van der Waals surface area contributed by atoms with Crippen LogP contribution in [0.25, 0.3) is 0 Å². The second-order valence-electron chi connectivity index (χ2n) is 5.28. The number of carboxylic acids is 1. The summed E-state index contributed by atoms with van der Waals surface area (Å²) in [6.45, 7) is 2.91. The molecule has 0 spiro atoms. The third-order valence-electron chi connectivity index (χ3n) is 3.09. The number of carbonyl (C=O) groups excluding carboxylic acids is 1. The van der Waals surface area contributed by atoms with Crippen molar-refractivity contribution in [3.8, 4) is 5.75 Å². The first kappa shape index (κ1) is 16.2. The van der Waals surface area contributed by atoms with Crippen molar-refractivity contribution in [1.82, 2.24) is 0 Å². The molecule has 2 aromatic carbocycles. The molecular formula is C17H15BrO4. The third-order valence-corrected chi connectivity index (χ3v) is 3.62. The number of benzene rings is 2. The van der Waals surface area contributed by atoms with Gasteiger partial charge in [0.25, 0.3) is 0 Å². The molecule has 0 aliphatic heterocycles. The SMILES string of the molecule is CC(C)(Oc1cccc(C(=O)c2ccc(Br)cc2)c1)C(=O)O. The standard InChI is InChI=1S/C17H15BrO4/c1-17(2,16(20)21)22-14-5-3-4-12(10-14)15(19)11-6-8-13(18)9-7-11/h3-10H,1-2H3,(H,20,21). The minimum Gasteiger partial charge on any atom is -0.478 e. The van der Waals surface area contributed by atoms with E-state index in [4.69, 9.17) is 9.84 Å². The lowest BCUT2D eigenvalue weighted by Crippen LogP contribution is -2.37. The molecule has 0 aromatic heterocycles. The monoisotopic (exact) mass is 362 g/mol. The zero-order valence-corrected chi connectivity index (χ0v) is 13.8. The molecule has 2 rings (SSSR count). The first-order valence-electron chi connectivity index (χ1n) is 6.62. The lowest BCUT2D eigenvalue weighted by Gasteiger charge is -2.21. The molecule has 2 aromatic rings. The van der Waals surface area contributed by atoms with Crippen LogP contribution in [0.15, 0.2) is 53.0 Å². The van der Waals surface area contributed by atoms with Gasteiger partial charge in [-0.25, -0.2) is 4.79 Å². The molecule has 0 aliphatic carbocycles. The molecule has 114 valence electrons. The zero-order chi connectivity index (χ0) is 16.3. The van der Waals surface area contributed by atoms with Crippen LogP contribution >= 0.6 is 15.9 Å². The van der Waals surface area contributed by atoms with Gasteiger partial charge in [0, 0.05) is 15.6 Å². The van der Waals surface area contributed by atoms with E-state index < -0.39 is 11.6 Å². The van der Waals surface area contributed by atoms with Gasteiger partial charge in [0.1, 0.15) is 5.75 Å². The fraction of sp³-hybridized carbons (Fsp3) is 0.176. The lowest BCUT2D eigenvalue weighted by molar-refractivity contribution is -0.152. The number of carbonyl (C=O) groups is 2. The summed E-state index contributed by atoms with van der Waals surface area (Å²) >= 11 is 3.32. The number of halogens is 1. The summed E-state index contributed by atoms with van der Waals surface area (Å²) in [6.07, 6.45) is 0. The van der Waals surface area contributed by atoms with Gasteiger partial charge in [-0.15, -0.1) is 0 Å². The minimum atomic E-state index is -1.36. The van der Waals surface area contributed by atoms with E-state index in [0.717, 1.165) is 4.47 Å². The molecule has 0 bridgehead atoms. The summed E-state index contributed by atoms with van der Waals surface area (Å²) < 4.78 is 6.34. The van der Waals surface area contributed by atoms with Crippen LogP contribution in [0.4, 0.5) is 0 Å². The predicted octanol–water partition coefficient (Wildman–Crippen LogP) is 3.92. The molecule has 5 heteroatoms. The summed E-state index contributed by atoms with van der Waals surface area (Å²) in [5.74, 6) is -0.876. The number of rotatable bonds is 5. The summed E-state index contributed by atoms with van der Waals surface area (Å²) in [5, 5.41) is 9.09. The Morgan fingerprint density at radius 2 is 1.68 bits per heavy atom. The smallest absolute Gasteiger partial charge is 0.347 e. The highest BCUT2D eigenvalue weighted by Gasteiger charge is 2.29. The Kier molecular flexibility index (Phi) is 4.66. The van der Waals surface area contributed by atoms with Gasteiger partial charge >= 0.3 is 5.97 Å². The Balaban J connectivity index is 2.26. The minimum absolute atomic E-state index is 0.147. The Morgan fingerprint density at radius 3 is 2.27 bits per heavy atom. The largest absolute Gasteiger partial charge is 0.478 e. The number of ether oxygens (including phenoxy) is 1. The molecule has 0 atom stereocenters. The maximum absolute atomic E-state index is 12.4. The van der Waals surface area contributed by atoms with Gasteiger partial charge in [0.05, 0.1) is 0 Å². The molecule has 0 aliphatic rings. The van der Waals surface area contributed by atoms with Gasteiger partial charge in [0.15, 0.2) is 11.4 Å². The number of carboxylic acid groups (broad SMARTS) is 1. The Bertz CT molecular complexity index is 705. The third kappa shape index (κ3) is 3.74. The van der Waals surface area contributed by atoms with Crippen LogP contribution in [0, 0.1) is 0 Å². The van der Waals surface area contributed by atoms with Gasteiger partial charge in [-0.2, -0.15) is 0 Å². The summed E-state index contributed by atoms with van der Waals surface area (Å²) in [4.78, 5) is 23.5. The number of aliphatic carboxylic acids is 1. The van der Waals surface area contributed by atoms with Gasteiger partial charge in [0.2, 0.25) is 0 Å². The van der Waals surface area contributed by atoms with Crippen LogP contribution in [-0.4, -0.2) is 22.5 Å². The van der Waals surface area contributed by atoms with Crippen molar-refractivity contribution in [2.45, 2.75) is 19.4 Å². The average Bonchev–Trinajstić information content (AvgIpc) is 2.47. The highest BCUT2D eigenvalue weighted by atomic mass is 79.9. The molecule has 0 saturated carbocycles. The molecule has 22 heavy (non-hydrogen) atoms. The van der Waals surface area contributed by atoms with Crippen LogP contribution < -0.4 is 4.74 Å². The quantitative estimate of drug-likeness (QED) is 0.818. The highest BCUT2D eigenvalue weighted by Crippen LogP contribution is 2.22. The van der Waals surface area contributed by atoms with Gasteiger partial charge < -0.3 is 9.84 Å². The molecule has 0 radical (unpaired) electrons. The molecule has 0 heterocycles. The van der Waals surface area contributed by atoms with Gasteiger partial charge in [-0.3, -0.25) is 4.79 Å². The molecule has 4 nitrogen and oxygen atoms in total. The van der Waals surface area contributed by atoms with Crippen LogP contribution in [0.1, 0.15) is 29.8 Å². The van der Waals surface area contributed by atoms with E-state index in [2.05, 4.69) is 15.9 Å². The van der Waals surface area contributed by atoms with E-state index in [9.17, 15) is 9.59 Å². The van der Waals surface area contributed by atoms with Crippen molar-refractivity contribution in [2.24, 2.45) is 0 Å². The van der Waals surface area contributed by atoms with Crippen molar-refractivity contribution in [2.75, 3.05) is 0 Å². The van der Waals surface area contributed by atoms with E-state index in [1.807, 2.05) is 0 Å². The lowest BCUT2D eigenvalue weighted by atomic mass is 10.0. The van der Waals surface area contributed by atoms with Crippen LogP contribution in [0.2, 0.25) is 0 Å². The highest BCUT2D eigenvalue weighted by molar-refractivity contribution is 9.10. The van der Waals surface area contributed by atoms with Gasteiger partial charge in [-0.1, -0.05) is 28.1 Å². The van der Waals surface area contributed by atoms with Crippen molar-refractivity contribution in [1.29, 1.82) is 0 Å². The zero-order valence-electron chi connectivity index (χ0n) is 12.2. The van der Waals surface area contributed by atoms with Crippen molar-refractivity contribution >= 4 is 27.7 Å². The average molecular weight is 363 g/mol. The van der Waals surface area contributed by atoms with Crippen LogP contribution in [0.3, 0.4) is 0 Å². The van der Waals surface area contributed by atoms with E-state index in [-0.39, 0.29) is 5.78 Å². The molecule has 0 unspecified atom stereocenters. The molecule has 0 amide bonds. The van der Waals surface area contributed by atoms with Crippen molar-refractivity contribution < 1.29 is 19.4 Å². The van der Waals surface area contributed by atoms with Crippen molar-refractivity contribution in [3.63, 3.8) is 0 Å². The van der Waals surface area contributed by atoms with E-state index in [0.29, 0.717) is 16.9 Å². The molecule has 1 N–H and O–H groups in total. The molecule has 0 saturated heterocycles. The normalized spacial score (nSPS) is 11.0. The maximum Gasteiger partial charge on any atom is 0.347 e. The number of hydrogen-bond acceptors (Lipinski definition) is 3. The Labute approximate surface area is 136 Å². The van der Waals surface area contributed by atoms with Crippen LogP contribution in [-0.2, 0) is 4.79 Å². The Morgan fingerprint density at radius 1 is 1.05 bits per heavy atom. The van der Waals surface area contributed by atoms with Crippen LogP contribution in [0.5, 0.6) is 5.75 Å². The summed E-state index contributed by atoms with van der Waals surface area (Å²) in [6, 6.07) is 13.5. The summed E-state index contributed by atoms with van der Waals surface area (Å²) in [5.41, 5.74) is -0.363. The van der Waals surface area contributed by atoms with E-state index in [1.165, 1.54) is 13.8 Å². The van der Waals surface area contributed by atoms with E-state index >= 15 is 0 Å². The first-order chi connectivity index (χ1) is 10.3. The number of hydrogen-bond donors (Lipinski definition) is 1. The predicted molar refractivity (Wildman–Crippen MR) is 86.4 cm³/mol. The fourth-order valence-electron chi connectivity index (χ4n) is 1.81. The maximum atomic E-state index is 12.4. The fourth-order valence-corrected chi connectivity index (χ4v) is 2.07. The second kappa shape index (κ2) is 6.32. The van der Waals surface area contributed by atoms with E-state index in [1.54, 1.807) is 48.5 Å². The molecule has 0 fully saturated rings. The van der Waals surface area contributed by atoms with Crippen molar-refractivity contribution in [3.05, 3.63) is 64.1 Å². The summed E-state index contributed by atoms with van der Waals surface area (Å²) in [7, 11) is 0.